The van der Waals surface area contributed by atoms with Crippen molar-refractivity contribution in [3.63, 3.8) is 0 Å². The van der Waals surface area contributed by atoms with Gasteiger partial charge in [0.1, 0.15) is 0 Å². The number of hydrogen-bond donors (Lipinski definition) is 0. The normalized spacial score (nSPS) is 18.2. The van der Waals surface area contributed by atoms with E-state index in [1.165, 1.54) is 17.6 Å². The molecule has 2 aliphatic heterocycles. The van der Waals surface area contributed by atoms with Gasteiger partial charge in [-0.3, -0.25) is 14.1 Å². The molecule has 0 radical (unpaired) electrons. The van der Waals surface area contributed by atoms with E-state index < -0.39 is 0 Å². The number of nitrogens with zero attached hydrogens (tertiary/aromatic N) is 4. The highest BCUT2D eigenvalue weighted by atomic mass is 32.1. The summed E-state index contributed by atoms with van der Waals surface area (Å²) in [6.07, 6.45) is 8.83. The monoisotopic (exact) mass is 406 g/mol. The van der Waals surface area contributed by atoms with Gasteiger partial charge in [0.2, 0.25) is 0 Å². The van der Waals surface area contributed by atoms with E-state index in [4.69, 9.17) is 4.98 Å². The molecule has 1 fully saturated rings. The van der Waals surface area contributed by atoms with E-state index in [2.05, 4.69) is 45.7 Å². The molecule has 0 spiro atoms. The van der Waals surface area contributed by atoms with E-state index in [0.717, 1.165) is 62.6 Å². The number of imidazole rings is 1. The van der Waals surface area contributed by atoms with Crippen molar-refractivity contribution in [3.05, 3.63) is 64.9 Å². The number of carbonyl (C=O) groups is 1. The van der Waals surface area contributed by atoms with Crippen molar-refractivity contribution in [1.29, 1.82) is 0 Å². The Labute approximate surface area is 175 Å². The fourth-order valence-corrected chi connectivity index (χ4v) is 5.12. The van der Waals surface area contributed by atoms with Crippen molar-refractivity contribution < 1.29 is 4.79 Å². The molecule has 6 heteroatoms. The Balaban J connectivity index is 1.37. The fraction of sp³-hybridized carbons (Fsp3) is 0.391. The molecule has 5 nitrogen and oxygen atoms in total. The zero-order valence-corrected chi connectivity index (χ0v) is 17.4. The molecular weight excluding hydrogens is 380 g/mol. The number of aromatic nitrogens is 2. The maximum atomic E-state index is 13.2. The summed E-state index contributed by atoms with van der Waals surface area (Å²) in [6.45, 7) is 4.37. The number of likely N-dealkylation sites (tertiary alicyclic amines) is 1. The van der Waals surface area contributed by atoms with E-state index >= 15 is 0 Å². The average Bonchev–Trinajstić information content (AvgIpc) is 3.38. The molecule has 1 aromatic carbocycles. The molecule has 29 heavy (non-hydrogen) atoms. The molecule has 2 aliphatic rings. The fourth-order valence-electron chi connectivity index (χ4n) is 4.38. The molecular formula is C23H26N4OS. The molecule has 0 aliphatic carbocycles. The lowest BCUT2D eigenvalue weighted by Crippen LogP contribution is -2.37. The van der Waals surface area contributed by atoms with Crippen LogP contribution in [0.1, 0.15) is 47.4 Å². The summed E-state index contributed by atoms with van der Waals surface area (Å²) in [7, 11) is 0. The van der Waals surface area contributed by atoms with E-state index in [0.29, 0.717) is 5.69 Å². The molecule has 0 bridgehead atoms. The van der Waals surface area contributed by atoms with Crippen LogP contribution in [0, 0.1) is 0 Å². The van der Waals surface area contributed by atoms with Gasteiger partial charge in [0.15, 0.2) is 10.7 Å². The third-order valence-corrected chi connectivity index (χ3v) is 6.77. The lowest BCUT2D eigenvalue weighted by molar-refractivity contribution is 0.0716. The second-order valence-corrected chi connectivity index (χ2v) is 8.77. The highest BCUT2D eigenvalue weighted by Crippen LogP contribution is 2.26. The minimum absolute atomic E-state index is 0.105. The number of amides is 1. The summed E-state index contributed by atoms with van der Waals surface area (Å²) < 4.78 is 2.11. The Kier molecular flexibility index (Phi) is 5.21. The van der Waals surface area contributed by atoms with Gasteiger partial charge in [-0.25, -0.2) is 4.98 Å². The lowest BCUT2D eigenvalue weighted by atomic mass is 9.99. The number of hydrogen-bond acceptors (Lipinski definition) is 4. The highest BCUT2D eigenvalue weighted by molar-refractivity contribution is 7.15. The van der Waals surface area contributed by atoms with Crippen LogP contribution in [0.3, 0.4) is 0 Å². The molecule has 4 heterocycles. The number of fused-ring (bicyclic) bond motifs is 1. The van der Waals surface area contributed by atoms with Crippen LogP contribution in [-0.4, -0.2) is 51.3 Å². The van der Waals surface area contributed by atoms with Crippen LogP contribution in [0.25, 0.3) is 10.5 Å². The molecule has 1 saturated heterocycles. The molecule has 5 rings (SSSR count). The average molecular weight is 407 g/mol. The number of thiazole rings is 1. The molecule has 1 amide bonds. The topological polar surface area (TPSA) is 40.9 Å². The van der Waals surface area contributed by atoms with Crippen molar-refractivity contribution >= 4 is 27.8 Å². The molecule has 0 saturated carbocycles. The van der Waals surface area contributed by atoms with Crippen LogP contribution >= 0.6 is 11.3 Å². The van der Waals surface area contributed by atoms with E-state index in [-0.39, 0.29) is 5.91 Å². The molecule has 2 aromatic heterocycles. The number of carbonyl (C=O) groups excluding carboxylic acids is 1. The quantitative estimate of drug-likeness (QED) is 0.648. The standard InChI is InChI=1S/C23H26N4OS/c28-22(26-11-5-2-6-12-26)21-20(27-15-16-29-23(27)24-21)17-25-13-9-19(10-14-25)18-7-3-1-4-8-18/h1,3-4,7-9,15-16H,2,5-6,10-14,17H2. The first-order valence-corrected chi connectivity index (χ1v) is 11.4. The Bertz CT molecular complexity index is 1030. The van der Waals surface area contributed by atoms with Crippen molar-refractivity contribution in [2.24, 2.45) is 0 Å². The summed E-state index contributed by atoms with van der Waals surface area (Å²) in [5.41, 5.74) is 4.42. The minimum Gasteiger partial charge on any atom is -0.337 e. The Morgan fingerprint density at radius 2 is 1.90 bits per heavy atom. The van der Waals surface area contributed by atoms with Crippen LogP contribution in [-0.2, 0) is 6.54 Å². The predicted octanol–water partition coefficient (Wildman–Crippen LogP) is 4.31. The van der Waals surface area contributed by atoms with Crippen molar-refractivity contribution in [1.82, 2.24) is 19.2 Å². The van der Waals surface area contributed by atoms with Gasteiger partial charge in [0.05, 0.1) is 5.69 Å². The van der Waals surface area contributed by atoms with Crippen molar-refractivity contribution in [2.75, 3.05) is 26.2 Å². The number of piperidine rings is 1. The molecule has 0 atom stereocenters. The summed E-state index contributed by atoms with van der Waals surface area (Å²) in [4.78, 5) is 23.2. The first kappa shape index (κ1) is 18.6. The number of rotatable bonds is 4. The predicted molar refractivity (Wildman–Crippen MR) is 117 cm³/mol. The van der Waals surface area contributed by atoms with Gasteiger partial charge in [0.25, 0.3) is 5.91 Å². The molecule has 0 unspecified atom stereocenters. The van der Waals surface area contributed by atoms with Gasteiger partial charge in [-0.05, 0) is 36.8 Å². The lowest BCUT2D eigenvalue weighted by Gasteiger charge is -2.28. The maximum absolute atomic E-state index is 13.2. The summed E-state index contributed by atoms with van der Waals surface area (Å²) in [6, 6.07) is 10.6. The van der Waals surface area contributed by atoms with Gasteiger partial charge in [-0.2, -0.15) is 0 Å². The minimum atomic E-state index is 0.105. The largest absolute Gasteiger partial charge is 0.337 e. The van der Waals surface area contributed by atoms with Crippen LogP contribution in [0.5, 0.6) is 0 Å². The van der Waals surface area contributed by atoms with Gasteiger partial charge in [-0.1, -0.05) is 36.4 Å². The van der Waals surface area contributed by atoms with Crippen LogP contribution in [0.4, 0.5) is 0 Å². The molecule has 150 valence electrons. The Morgan fingerprint density at radius 3 is 2.66 bits per heavy atom. The highest BCUT2D eigenvalue weighted by Gasteiger charge is 2.27. The first-order valence-electron chi connectivity index (χ1n) is 10.5. The summed E-state index contributed by atoms with van der Waals surface area (Å²) >= 11 is 1.60. The summed E-state index contributed by atoms with van der Waals surface area (Å²) in [5, 5.41) is 2.05. The molecule has 3 aromatic rings. The Morgan fingerprint density at radius 1 is 1.07 bits per heavy atom. The number of benzene rings is 1. The van der Waals surface area contributed by atoms with Crippen molar-refractivity contribution in [3.8, 4) is 0 Å². The van der Waals surface area contributed by atoms with E-state index in [1.807, 2.05) is 16.5 Å². The maximum Gasteiger partial charge on any atom is 0.274 e. The SMILES string of the molecule is O=C(c1nc2sccn2c1CN1CC=C(c2ccccc2)CC1)N1CCCCC1. The van der Waals surface area contributed by atoms with E-state index in [1.54, 1.807) is 11.3 Å². The third kappa shape index (κ3) is 3.74. The van der Waals surface area contributed by atoms with Crippen LogP contribution in [0.2, 0.25) is 0 Å². The molecule has 0 N–H and O–H groups in total. The summed E-state index contributed by atoms with van der Waals surface area (Å²) in [5.74, 6) is 0.105. The first-order chi connectivity index (χ1) is 14.3. The Hall–Kier alpha value is -2.44. The van der Waals surface area contributed by atoms with Crippen LogP contribution < -0.4 is 0 Å². The zero-order valence-electron chi connectivity index (χ0n) is 16.6. The second kappa shape index (κ2) is 8.13. The smallest absolute Gasteiger partial charge is 0.274 e. The van der Waals surface area contributed by atoms with E-state index in [9.17, 15) is 4.79 Å². The van der Waals surface area contributed by atoms with Crippen molar-refractivity contribution in [2.45, 2.75) is 32.2 Å². The zero-order chi connectivity index (χ0) is 19.6. The third-order valence-electron chi connectivity index (χ3n) is 6.02. The van der Waals surface area contributed by atoms with Gasteiger partial charge in [0, 0.05) is 44.3 Å². The van der Waals surface area contributed by atoms with Gasteiger partial charge in [-0.15, -0.1) is 11.3 Å². The van der Waals surface area contributed by atoms with Gasteiger partial charge >= 0.3 is 0 Å². The van der Waals surface area contributed by atoms with Crippen LogP contribution in [0.15, 0.2) is 48.0 Å². The van der Waals surface area contributed by atoms with Gasteiger partial charge < -0.3 is 4.90 Å². The second-order valence-electron chi connectivity index (χ2n) is 7.90.